The summed E-state index contributed by atoms with van der Waals surface area (Å²) in [6, 6.07) is 25.1. The van der Waals surface area contributed by atoms with Gasteiger partial charge in [0, 0.05) is 37.4 Å². The summed E-state index contributed by atoms with van der Waals surface area (Å²) in [5, 5.41) is 13.4. The van der Waals surface area contributed by atoms with Crippen molar-refractivity contribution in [1.29, 1.82) is 0 Å². The van der Waals surface area contributed by atoms with E-state index in [0.717, 1.165) is 68.3 Å². The van der Waals surface area contributed by atoms with Crippen LogP contribution in [0.5, 0.6) is 5.75 Å². The van der Waals surface area contributed by atoms with E-state index in [1.54, 1.807) is 0 Å². The largest absolute Gasteiger partial charge is 0.489 e. The summed E-state index contributed by atoms with van der Waals surface area (Å²) in [4.78, 5) is 19.6. The van der Waals surface area contributed by atoms with Gasteiger partial charge in [-0.1, -0.05) is 42.5 Å². The third-order valence-corrected chi connectivity index (χ3v) is 6.93. The molecule has 3 aromatic rings. The molecule has 7 nitrogen and oxygen atoms in total. The van der Waals surface area contributed by atoms with Gasteiger partial charge in [-0.25, -0.2) is 0 Å². The van der Waals surface area contributed by atoms with Crippen molar-refractivity contribution in [1.82, 2.24) is 14.7 Å². The fourth-order valence-corrected chi connectivity index (χ4v) is 4.65. The number of aliphatic hydroxyl groups is 1. The lowest BCUT2D eigenvalue weighted by Crippen LogP contribution is -2.49. The maximum absolute atomic E-state index is 13.0. The second-order valence-electron chi connectivity index (χ2n) is 10.1. The number of benzene rings is 3. The minimum atomic E-state index is -0.264. The van der Waals surface area contributed by atoms with Gasteiger partial charge in [0.15, 0.2) is 0 Å². The molecule has 0 aromatic heterocycles. The highest BCUT2D eigenvalue weighted by molar-refractivity contribution is 5.94. The molecule has 2 N–H and O–H groups in total. The first-order valence-corrected chi connectivity index (χ1v) is 13.4. The van der Waals surface area contributed by atoms with Gasteiger partial charge >= 0.3 is 0 Å². The van der Waals surface area contributed by atoms with Crippen molar-refractivity contribution < 1.29 is 14.6 Å². The van der Waals surface area contributed by atoms with E-state index >= 15 is 0 Å². The molecule has 1 aliphatic rings. The monoisotopic (exact) mass is 516 g/mol. The van der Waals surface area contributed by atoms with E-state index in [0.29, 0.717) is 12.2 Å². The highest BCUT2D eigenvalue weighted by Gasteiger charge is 2.22. The Labute approximate surface area is 226 Å². The molecule has 0 aliphatic carbocycles. The fraction of sp³-hybridized carbons (Fsp3) is 0.387. The molecule has 4 rings (SSSR count). The summed E-state index contributed by atoms with van der Waals surface area (Å²) in [6.45, 7) is 6.00. The molecule has 0 bridgehead atoms. The molecule has 38 heavy (non-hydrogen) atoms. The maximum Gasteiger partial charge on any atom is 0.253 e. The van der Waals surface area contributed by atoms with Crippen LogP contribution < -0.4 is 10.1 Å². The SMILES string of the molecule is CN(C)CCCN1CCN(C(=O)c2ccc(NC(CO)c3ccc(OCc4ccccc4)cc3)cc2)CC1. The Morgan fingerprint density at radius 3 is 2.26 bits per heavy atom. The van der Waals surface area contributed by atoms with Crippen LogP contribution in [0, 0.1) is 0 Å². The van der Waals surface area contributed by atoms with Crippen LogP contribution in [0.25, 0.3) is 0 Å². The van der Waals surface area contributed by atoms with Crippen LogP contribution in [0.3, 0.4) is 0 Å². The topological polar surface area (TPSA) is 68.3 Å². The number of anilines is 1. The number of aliphatic hydroxyl groups excluding tert-OH is 1. The van der Waals surface area contributed by atoms with Gasteiger partial charge in [-0.15, -0.1) is 0 Å². The van der Waals surface area contributed by atoms with Gasteiger partial charge in [-0.3, -0.25) is 9.69 Å². The first kappa shape index (κ1) is 27.6. The minimum absolute atomic E-state index is 0.0519. The third-order valence-electron chi connectivity index (χ3n) is 6.93. The standard InChI is InChI=1S/C31H40N4O3/c1-33(2)17-6-18-34-19-21-35(22-20-34)31(37)27-9-13-28(14-10-27)32-30(23-36)26-11-15-29(16-12-26)38-24-25-7-4-3-5-8-25/h3-5,7-16,30,32,36H,6,17-24H2,1-2H3. The molecule has 1 amide bonds. The lowest BCUT2D eigenvalue weighted by Gasteiger charge is -2.35. The highest BCUT2D eigenvalue weighted by atomic mass is 16.5. The summed E-state index contributed by atoms with van der Waals surface area (Å²) in [7, 11) is 4.20. The molecule has 0 radical (unpaired) electrons. The molecule has 1 saturated heterocycles. The Balaban J connectivity index is 1.26. The zero-order valence-corrected chi connectivity index (χ0v) is 22.6. The Morgan fingerprint density at radius 1 is 0.947 bits per heavy atom. The van der Waals surface area contributed by atoms with E-state index < -0.39 is 0 Å². The van der Waals surface area contributed by atoms with Crippen LogP contribution in [0.2, 0.25) is 0 Å². The number of hydrogen-bond donors (Lipinski definition) is 2. The molecular weight excluding hydrogens is 476 g/mol. The first-order valence-electron chi connectivity index (χ1n) is 13.4. The van der Waals surface area contributed by atoms with Crippen LogP contribution in [-0.4, -0.2) is 85.7 Å². The Kier molecular flexibility index (Phi) is 10.1. The summed E-state index contributed by atoms with van der Waals surface area (Å²) in [5.74, 6) is 0.862. The van der Waals surface area contributed by atoms with Crippen LogP contribution >= 0.6 is 0 Å². The van der Waals surface area contributed by atoms with Gasteiger partial charge in [0.2, 0.25) is 0 Å². The molecule has 202 valence electrons. The molecule has 7 heteroatoms. The van der Waals surface area contributed by atoms with Crippen molar-refractivity contribution in [2.75, 3.05) is 65.3 Å². The number of piperazine rings is 1. The van der Waals surface area contributed by atoms with Crippen molar-refractivity contribution >= 4 is 11.6 Å². The molecule has 3 aromatic carbocycles. The molecule has 0 saturated carbocycles. The number of nitrogens with one attached hydrogen (secondary N) is 1. The van der Waals surface area contributed by atoms with Crippen molar-refractivity contribution in [2.45, 2.75) is 19.1 Å². The zero-order valence-electron chi connectivity index (χ0n) is 22.6. The average molecular weight is 517 g/mol. The molecule has 0 spiro atoms. The van der Waals surface area contributed by atoms with E-state index in [1.165, 1.54) is 0 Å². The Morgan fingerprint density at radius 2 is 1.63 bits per heavy atom. The van der Waals surface area contributed by atoms with Crippen molar-refractivity contribution in [2.24, 2.45) is 0 Å². The summed E-state index contributed by atoms with van der Waals surface area (Å²) in [6.07, 6.45) is 1.15. The Bertz CT molecular complexity index is 1110. The molecule has 1 heterocycles. The molecular formula is C31H40N4O3. The molecule has 1 unspecified atom stereocenters. The maximum atomic E-state index is 13.0. The number of rotatable bonds is 12. The third kappa shape index (κ3) is 8.05. The van der Waals surface area contributed by atoms with Crippen molar-refractivity contribution in [3.05, 3.63) is 95.6 Å². The van der Waals surface area contributed by atoms with E-state index in [4.69, 9.17) is 4.74 Å². The quantitative estimate of drug-likeness (QED) is 0.378. The number of hydrogen-bond acceptors (Lipinski definition) is 6. The van der Waals surface area contributed by atoms with Crippen LogP contribution in [-0.2, 0) is 6.61 Å². The summed E-state index contributed by atoms with van der Waals surface area (Å²) < 4.78 is 5.87. The van der Waals surface area contributed by atoms with Crippen LogP contribution in [0.15, 0.2) is 78.9 Å². The van der Waals surface area contributed by atoms with Gasteiger partial charge in [0.05, 0.1) is 12.6 Å². The van der Waals surface area contributed by atoms with Gasteiger partial charge in [0.1, 0.15) is 12.4 Å². The molecule has 1 aliphatic heterocycles. The second kappa shape index (κ2) is 14.0. The smallest absolute Gasteiger partial charge is 0.253 e. The van der Waals surface area contributed by atoms with E-state index in [-0.39, 0.29) is 18.6 Å². The van der Waals surface area contributed by atoms with Crippen LogP contribution in [0.4, 0.5) is 5.69 Å². The van der Waals surface area contributed by atoms with Gasteiger partial charge in [-0.05, 0) is 81.1 Å². The second-order valence-corrected chi connectivity index (χ2v) is 10.1. The fourth-order valence-electron chi connectivity index (χ4n) is 4.65. The summed E-state index contributed by atoms with van der Waals surface area (Å²) >= 11 is 0. The van der Waals surface area contributed by atoms with E-state index in [1.807, 2.05) is 83.8 Å². The normalized spacial score (nSPS) is 14.9. The zero-order chi connectivity index (χ0) is 26.7. The van der Waals surface area contributed by atoms with Gasteiger partial charge in [0.25, 0.3) is 5.91 Å². The molecule has 1 fully saturated rings. The van der Waals surface area contributed by atoms with Crippen molar-refractivity contribution in [3.8, 4) is 5.75 Å². The predicted molar refractivity (Wildman–Crippen MR) is 153 cm³/mol. The minimum Gasteiger partial charge on any atom is -0.489 e. The Hall–Kier alpha value is -3.39. The lowest BCUT2D eigenvalue weighted by atomic mass is 10.1. The lowest BCUT2D eigenvalue weighted by molar-refractivity contribution is 0.0634. The number of amides is 1. The van der Waals surface area contributed by atoms with Gasteiger partial charge in [-0.2, -0.15) is 0 Å². The average Bonchev–Trinajstić information content (AvgIpc) is 2.96. The van der Waals surface area contributed by atoms with E-state index in [9.17, 15) is 9.90 Å². The predicted octanol–water partition coefficient (Wildman–Crippen LogP) is 4.12. The summed E-state index contributed by atoms with van der Waals surface area (Å²) in [5.41, 5.74) is 3.63. The number of carbonyl (C=O) groups excluding carboxylic acids is 1. The number of nitrogens with zero attached hydrogens (tertiary/aromatic N) is 3. The number of ether oxygens (including phenoxy) is 1. The molecule has 1 atom stereocenters. The number of carbonyl (C=O) groups is 1. The van der Waals surface area contributed by atoms with Gasteiger partial charge < -0.3 is 25.0 Å². The van der Waals surface area contributed by atoms with Crippen LogP contribution in [0.1, 0.15) is 33.9 Å². The van der Waals surface area contributed by atoms with Crippen molar-refractivity contribution in [3.63, 3.8) is 0 Å². The first-order chi connectivity index (χ1) is 18.5. The van der Waals surface area contributed by atoms with E-state index in [2.05, 4.69) is 29.2 Å². The highest BCUT2D eigenvalue weighted by Crippen LogP contribution is 2.23.